The highest BCUT2D eigenvalue weighted by Crippen LogP contribution is 2.47. The van der Waals surface area contributed by atoms with Gasteiger partial charge in [-0.05, 0) is 116 Å². The molecule has 2 aliphatic heterocycles. The molecule has 7 rings (SSSR count). The van der Waals surface area contributed by atoms with Crippen molar-refractivity contribution >= 4 is 38.8 Å². The molecule has 1 unspecified atom stereocenters. The van der Waals surface area contributed by atoms with Crippen molar-refractivity contribution in [2.75, 3.05) is 30.3 Å². The maximum absolute atomic E-state index is 13.4. The van der Waals surface area contributed by atoms with Gasteiger partial charge in [-0.15, -0.1) is 0 Å². The molecule has 0 saturated heterocycles. The summed E-state index contributed by atoms with van der Waals surface area (Å²) in [7, 11) is -2.81. The molecule has 5 aliphatic rings. The van der Waals surface area contributed by atoms with Gasteiger partial charge in [-0.1, -0.05) is 29.8 Å². The van der Waals surface area contributed by atoms with Crippen molar-refractivity contribution in [1.29, 1.82) is 0 Å². The zero-order chi connectivity index (χ0) is 28.4. The van der Waals surface area contributed by atoms with Gasteiger partial charge in [0.05, 0.1) is 18.4 Å². The van der Waals surface area contributed by atoms with E-state index in [9.17, 15) is 14.1 Å². The molecule has 0 aromatic heterocycles. The second-order valence-electron chi connectivity index (χ2n) is 13.1. The molecular weight excluding hydrogens is 556 g/mol. The van der Waals surface area contributed by atoms with Gasteiger partial charge in [0.15, 0.2) is 0 Å². The molecule has 2 aromatic rings. The molecule has 1 spiro atoms. The third-order valence-corrected chi connectivity index (χ3v) is 12.2. The summed E-state index contributed by atoms with van der Waals surface area (Å²) in [6.45, 7) is 2.08. The number of aliphatic hydroxyl groups excluding tert-OH is 1. The van der Waals surface area contributed by atoms with Crippen molar-refractivity contribution < 1.29 is 18.8 Å². The van der Waals surface area contributed by atoms with E-state index in [2.05, 4.69) is 33.7 Å². The molecule has 6 nitrogen and oxygen atoms in total. The summed E-state index contributed by atoms with van der Waals surface area (Å²) in [5, 5.41) is 12.0. The Morgan fingerprint density at radius 3 is 2.73 bits per heavy atom. The molecule has 218 valence electrons. The summed E-state index contributed by atoms with van der Waals surface area (Å²) >= 11 is 6.40. The van der Waals surface area contributed by atoms with E-state index in [-0.39, 0.29) is 29.1 Å². The quantitative estimate of drug-likeness (QED) is 0.325. The normalized spacial score (nSPS) is 37.2. The van der Waals surface area contributed by atoms with Gasteiger partial charge in [0.2, 0.25) is 0 Å². The van der Waals surface area contributed by atoms with E-state index in [1.54, 1.807) is 6.07 Å². The maximum Gasteiger partial charge on any atom is 0.262 e. The number of allylic oxidation sites excluding steroid dienone is 1. The Morgan fingerprint density at radius 1 is 1.10 bits per heavy atom. The Bertz CT molecular complexity index is 1510. The highest BCUT2D eigenvalue weighted by atomic mass is 35.5. The number of amides is 1. The number of rotatable bonds is 0. The summed E-state index contributed by atoms with van der Waals surface area (Å²) in [6.07, 6.45) is 10.7. The number of ether oxygens (including phenoxy) is 1. The number of anilines is 1. The molecule has 8 heteroatoms. The van der Waals surface area contributed by atoms with E-state index in [1.807, 2.05) is 24.3 Å². The number of benzene rings is 2. The van der Waals surface area contributed by atoms with Gasteiger partial charge in [0.1, 0.15) is 5.75 Å². The van der Waals surface area contributed by atoms with Gasteiger partial charge < -0.3 is 14.7 Å². The average Bonchev–Trinajstić information content (AvgIpc) is 3.05. The third kappa shape index (κ3) is 5.08. The minimum atomic E-state index is -2.81. The molecule has 1 amide bonds. The Morgan fingerprint density at radius 2 is 1.95 bits per heavy atom. The highest BCUT2D eigenvalue weighted by Gasteiger charge is 2.44. The molecule has 2 N–H and O–H groups in total. The summed E-state index contributed by atoms with van der Waals surface area (Å²) in [5.41, 5.74) is 3.72. The predicted octanol–water partition coefficient (Wildman–Crippen LogP) is 5.16. The summed E-state index contributed by atoms with van der Waals surface area (Å²) in [5.74, 6) is 5.67. The minimum Gasteiger partial charge on any atom is -0.490 e. The zero-order valence-corrected chi connectivity index (χ0v) is 25.0. The number of carbonyl (C=O) groups excluding carboxylic acids is 1. The number of halogens is 1. The fraction of sp³-hybridized carbons (Fsp3) is 0.515. The third-order valence-electron chi connectivity index (χ3n) is 10.5. The zero-order valence-electron chi connectivity index (χ0n) is 23.4. The summed E-state index contributed by atoms with van der Waals surface area (Å²) in [4.78, 5) is 15.8. The molecule has 2 fully saturated rings. The van der Waals surface area contributed by atoms with Crippen molar-refractivity contribution in [3.63, 3.8) is 0 Å². The Hall–Kier alpha value is -2.48. The van der Waals surface area contributed by atoms with Gasteiger partial charge in [0.25, 0.3) is 5.91 Å². The number of nitrogens with zero attached hydrogens (tertiary/aromatic N) is 1. The lowest BCUT2D eigenvalue weighted by Gasteiger charge is -2.45. The van der Waals surface area contributed by atoms with Gasteiger partial charge in [-0.25, -0.2) is 4.21 Å². The molecule has 7 atom stereocenters. The van der Waals surface area contributed by atoms with Crippen LogP contribution in [0.1, 0.15) is 60.0 Å². The van der Waals surface area contributed by atoms with Crippen LogP contribution in [0.15, 0.2) is 48.6 Å². The van der Waals surface area contributed by atoms with E-state index < -0.39 is 15.8 Å². The highest BCUT2D eigenvalue weighted by molar-refractivity contribution is 7.99. The summed E-state index contributed by atoms with van der Waals surface area (Å²) in [6, 6.07) is 11.8. The van der Waals surface area contributed by atoms with Crippen molar-refractivity contribution in [2.45, 2.75) is 56.5 Å². The monoisotopic (exact) mass is 594 g/mol. The van der Waals surface area contributed by atoms with Crippen LogP contribution in [0.3, 0.4) is 0 Å². The number of aliphatic hydroxyl groups is 1. The minimum absolute atomic E-state index is 0.197. The summed E-state index contributed by atoms with van der Waals surface area (Å²) < 4.78 is 22.7. The van der Waals surface area contributed by atoms with Gasteiger partial charge in [-0.2, -0.15) is 0 Å². The standard InChI is InChI=1S/C33H39ClN2O4S/c1-41(39)18-25-5-4-21(25)7-12-30(37)27-10-6-24(27)17-36-19-33(14-2-3-22-15-26(34)9-11-28(22)33)20-40-31-13-8-23(16-29(31)36)32(38)35-41/h7-9,11-13,15-16,21,24-25,27,30,37H,1-6,10,14,17-20H2,(H,35,38,39)/b12-7+/t21-,24+,25-,27-,30+,33+,41?/m1/s1. The van der Waals surface area contributed by atoms with Crippen molar-refractivity contribution in [3.8, 4) is 5.75 Å². The van der Waals surface area contributed by atoms with Crippen LogP contribution in [-0.2, 0) is 21.5 Å². The van der Waals surface area contributed by atoms with Crippen molar-refractivity contribution in [3.05, 3.63) is 70.3 Å². The molecule has 0 radical (unpaired) electrons. The van der Waals surface area contributed by atoms with Gasteiger partial charge in [0, 0.05) is 44.6 Å². The molecule has 2 bridgehead atoms. The predicted molar refractivity (Wildman–Crippen MR) is 165 cm³/mol. The largest absolute Gasteiger partial charge is 0.490 e. The Balaban J connectivity index is 1.29. The molecule has 2 heterocycles. The SMILES string of the molecule is C=S1(=O)C[C@H]2CC[C@@H]2/C=C/[C@H](O)[C@@H]2CC[C@H]2CN2C[C@@]3(CCCc4cc(Cl)ccc43)COc3ccc(cc32)C(=O)N1. The van der Waals surface area contributed by atoms with Crippen LogP contribution >= 0.6 is 11.6 Å². The first-order valence-electron chi connectivity index (χ1n) is 15.0. The molecule has 2 saturated carbocycles. The van der Waals surface area contributed by atoms with E-state index >= 15 is 0 Å². The maximum atomic E-state index is 13.4. The van der Waals surface area contributed by atoms with Crippen molar-refractivity contribution in [2.24, 2.45) is 23.7 Å². The first kappa shape index (κ1) is 27.4. The fourth-order valence-corrected chi connectivity index (χ4v) is 9.72. The second kappa shape index (κ2) is 10.4. The molecule has 3 aliphatic carbocycles. The topological polar surface area (TPSA) is 78.9 Å². The van der Waals surface area contributed by atoms with Crippen LogP contribution in [0, 0.1) is 23.7 Å². The molecular formula is C33H39ClN2O4S. The first-order valence-corrected chi connectivity index (χ1v) is 17.3. The molecule has 2 aromatic carbocycles. The van der Waals surface area contributed by atoms with E-state index in [4.69, 9.17) is 16.3 Å². The van der Waals surface area contributed by atoms with Crippen molar-refractivity contribution in [1.82, 2.24) is 4.72 Å². The van der Waals surface area contributed by atoms with Gasteiger partial charge in [-0.3, -0.25) is 9.52 Å². The van der Waals surface area contributed by atoms with Crippen LogP contribution in [-0.4, -0.2) is 52.6 Å². The molecule has 41 heavy (non-hydrogen) atoms. The van der Waals surface area contributed by atoms with Crippen LogP contribution in [0.25, 0.3) is 0 Å². The lowest BCUT2D eigenvalue weighted by Crippen LogP contribution is -2.49. The van der Waals surface area contributed by atoms with Gasteiger partial charge >= 0.3 is 0 Å². The van der Waals surface area contributed by atoms with Crippen LogP contribution < -0.4 is 14.4 Å². The second-order valence-corrected chi connectivity index (χ2v) is 15.7. The number of hydrogen-bond donors (Lipinski definition) is 2. The Labute approximate surface area is 248 Å². The lowest BCUT2D eigenvalue weighted by molar-refractivity contribution is 0.0450. The average molecular weight is 595 g/mol. The number of fused-ring (bicyclic) bond motifs is 5. The lowest BCUT2D eigenvalue weighted by atomic mass is 9.68. The van der Waals surface area contributed by atoms with Crippen LogP contribution in [0.4, 0.5) is 5.69 Å². The van der Waals surface area contributed by atoms with Crippen LogP contribution in [0.2, 0.25) is 5.02 Å². The Kier molecular flexibility index (Phi) is 6.91. The van der Waals surface area contributed by atoms with Crippen LogP contribution in [0.5, 0.6) is 5.75 Å². The smallest absolute Gasteiger partial charge is 0.262 e. The van der Waals surface area contributed by atoms with E-state index in [0.717, 1.165) is 74.5 Å². The fourth-order valence-electron chi connectivity index (χ4n) is 7.88. The van der Waals surface area contributed by atoms with E-state index in [1.165, 1.54) is 11.1 Å². The number of hydrogen-bond acceptors (Lipinski definition) is 5. The number of aryl methyl sites for hydroxylation is 1. The number of carbonyl (C=O) groups is 1. The first-order chi connectivity index (χ1) is 19.7. The number of nitrogens with one attached hydrogen (secondary N) is 1. The van der Waals surface area contributed by atoms with E-state index in [0.29, 0.717) is 23.8 Å².